The minimum Gasteiger partial charge on any atom is -0.389 e. The lowest BCUT2D eigenvalue weighted by molar-refractivity contribution is -0.125. The van der Waals surface area contributed by atoms with Gasteiger partial charge in [0.2, 0.25) is 0 Å². The molecule has 1 saturated carbocycles. The minimum atomic E-state index is -0.347. The van der Waals surface area contributed by atoms with Crippen LogP contribution in [0.25, 0.3) is 0 Å². The van der Waals surface area contributed by atoms with Crippen LogP contribution in [-0.2, 0) is 4.79 Å². The van der Waals surface area contributed by atoms with Crippen molar-refractivity contribution in [1.82, 2.24) is 0 Å². The third kappa shape index (κ3) is 1.60. The zero-order valence-corrected chi connectivity index (χ0v) is 12.7. The maximum Gasteiger partial charge on any atom is 0.146 e. The quantitative estimate of drug-likeness (QED) is 0.690. The molecule has 0 aliphatic heterocycles. The van der Waals surface area contributed by atoms with Crippen LogP contribution in [0.1, 0.15) is 39.5 Å². The molecular formula is C19H22O2. The van der Waals surface area contributed by atoms with Crippen LogP contribution in [0.5, 0.6) is 0 Å². The molecule has 0 aromatic rings. The molecule has 1 N–H and O–H groups in total. The fourth-order valence-corrected chi connectivity index (χ4v) is 4.82. The van der Waals surface area contributed by atoms with Gasteiger partial charge in [-0.2, -0.15) is 0 Å². The van der Waals surface area contributed by atoms with Gasteiger partial charge in [0, 0.05) is 11.8 Å². The zero-order chi connectivity index (χ0) is 14.8. The Morgan fingerprint density at radius 1 is 1.29 bits per heavy atom. The van der Waals surface area contributed by atoms with Crippen molar-refractivity contribution < 1.29 is 9.90 Å². The van der Waals surface area contributed by atoms with E-state index in [1.54, 1.807) is 0 Å². The van der Waals surface area contributed by atoms with Crippen molar-refractivity contribution in [3.05, 3.63) is 47.1 Å². The van der Waals surface area contributed by atoms with Gasteiger partial charge in [-0.3, -0.25) is 4.79 Å². The van der Waals surface area contributed by atoms with Gasteiger partial charge < -0.3 is 5.11 Å². The van der Waals surface area contributed by atoms with Crippen LogP contribution in [0.4, 0.5) is 0 Å². The van der Waals surface area contributed by atoms with Gasteiger partial charge >= 0.3 is 0 Å². The first-order valence-corrected chi connectivity index (χ1v) is 7.98. The Bertz CT molecular complexity index is 648. The molecule has 0 aromatic heterocycles. The van der Waals surface area contributed by atoms with Gasteiger partial charge in [-0.1, -0.05) is 42.9 Å². The number of hydrogen-bond acceptors (Lipinski definition) is 2. The highest BCUT2D eigenvalue weighted by molar-refractivity contribution is 5.94. The third-order valence-electron chi connectivity index (χ3n) is 6.29. The summed E-state index contributed by atoms with van der Waals surface area (Å²) in [6.45, 7) is 4.41. The standard InChI is InChI=1S/C19H22O2/c1-18-9-7-13(20)11-12(18)3-4-14-15-5-6-17(21)19(15,2)10-8-16(14)18/h3-5,7,9,13,16,20H,6,8,10-11H2,1-2H3/t13-,16?,18-,19-/m0/s1. The van der Waals surface area contributed by atoms with Crippen molar-refractivity contribution >= 4 is 5.78 Å². The predicted molar refractivity (Wildman–Crippen MR) is 82.6 cm³/mol. The lowest BCUT2D eigenvalue weighted by atomic mass is 9.54. The number of ketones is 1. The summed E-state index contributed by atoms with van der Waals surface area (Å²) in [5.74, 6) is 0.831. The van der Waals surface area contributed by atoms with E-state index in [1.807, 2.05) is 6.08 Å². The second-order valence-electron chi connectivity index (χ2n) is 7.40. The lowest BCUT2D eigenvalue weighted by Gasteiger charge is -2.49. The number of rotatable bonds is 0. The average molecular weight is 282 g/mol. The molecule has 4 rings (SSSR count). The molecule has 0 bridgehead atoms. The van der Waals surface area contributed by atoms with Crippen molar-refractivity contribution in [3.8, 4) is 0 Å². The molecule has 0 heterocycles. The van der Waals surface area contributed by atoms with Crippen LogP contribution in [-0.4, -0.2) is 17.0 Å². The van der Waals surface area contributed by atoms with E-state index in [9.17, 15) is 9.90 Å². The van der Waals surface area contributed by atoms with E-state index >= 15 is 0 Å². The molecule has 0 amide bonds. The molecule has 2 heteroatoms. The Labute approximate surface area is 125 Å². The lowest BCUT2D eigenvalue weighted by Crippen LogP contribution is -2.42. The number of aliphatic hydroxyl groups excluding tert-OH is 1. The molecule has 2 nitrogen and oxygen atoms in total. The first-order valence-electron chi connectivity index (χ1n) is 7.98. The molecule has 0 radical (unpaired) electrons. The topological polar surface area (TPSA) is 37.3 Å². The highest BCUT2D eigenvalue weighted by Crippen LogP contribution is 2.59. The van der Waals surface area contributed by atoms with Crippen LogP contribution in [0.3, 0.4) is 0 Å². The molecule has 4 atom stereocenters. The summed E-state index contributed by atoms with van der Waals surface area (Å²) in [5.41, 5.74) is 3.74. The smallest absolute Gasteiger partial charge is 0.146 e. The van der Waals surface area contributed by atoms with Crippen LogP contribution >= 0.6 is 0 Å². The number of fused-ring (bicyclic) bond motifs is 5. The second kappa shape index (κ2) is 4.07. The monoisotopic (exact) mass is 282 g/mol. The van der Waals surface area contributed by atoms with Gasteiger partial charge in [0.1, 0.15) is 5.78 Å². The van der Waals surface area contributed by atoms with Crippen molar-refractivity contribution in [3.63, 3.8) is 0 Å². The Morgan fingerprint density at radius 2 is 2.10 bits per heavy atom. The van der Waals surface area contributed by atoms with Crippen molar-refractivity contribution in [1.29, 1.82) is 0 Å². The molecule has 0 aromatic carbocycles. The van der Waals surface area contributed by atoms with E-state index in [1.165, 1.54) is 16.7 Å². The van der Waals surface area contributed by atoms with Gasteiger partial charge in [0.15, 0.2) is 0 Å². The zero-order valence-electron chi connectivity index (χ0n) is 12.7. The summed E-state index contributed by atoms with van der Waals surface area (Å²) in [7, 11) is 0. The number of carbonyl (C=O) groups excluding carboxylic acids is 1. The van der Waals surface area contributed by atoms with Crippen molar-refractivity contribution in [2.75, 3.05) is 0 Å². The fraction of sp³-hybridized carbons (Fsp3) is 0.526. The van der Waals surface area contributed by atoms with Crippen LogP contribution < -0.4 is 0 Å². The Morgan fingerprint density at radius 3 is 2.90 bits per heavy atom. The SMILES string of the molecule is C[C@]12CCC3C(=CC=C4C[C@@H](O)C=C[C@@]43C)C1=CCC2=O. The molecule has 0 spiro atoms. The first-order chi connectivity index (χ1) is 9.95. The predicted octanol–water partition coefficient (Wildman–Crippen LogP) is 3.50. The van der Waals surface area contributed by atoms with Gasteiger partial charge in [-0.15, -0.1) is 0 Å². The molecular weight excluding hydrogens is 260 g/mol. The van der Waals surface area contributed by atoms with Gasteiger partial charge in [-0.05, 0) is 43.3 Å². The van der Waals surface area contributed by atoms with Crippen LogP contribution in [0.2, 0.25) is 0 Å². The van der Waals surface area contributed by atoms with Crippen LogP contribution in [0, 0.1) is 16.7 Å². The summed E-state index contributed by atoms with van der Waals surface area (Å²) >= 11 is 0. The number of hydrogen-bond donors (Lipinski definition) is 1. The number of aliphatic hydroxyl groups is 1. The normalized spacial score (nSPS) is 44.3. The molecule has 0 saturated heterocycles. The molecule has 1 fully saturated rings. The number of allylic oxidation sites excluding steroid dienone is 6. The summed E-state index contributed by atoms with van der Waals surface area (Å²) < 4.78 is 0. The maximum atomic E-state index is 12.3. The molecule has 4 aliphatic rings. The number of carbonyl (C=O) groups is 1. The fourth-order valence-electron chi connectivity index (χ4n) is 4.82. The maximum absolute atomic E-state index is 12.3. The van der Waals surface area contributed by atoms with Crippen molar-refractivity contribution in [2.24, 2.45) is 16.7 Å². The largest absolute Gasteiger partial charge is 0.389 e. The van der Waals surface area contributed by atoms with Crippen LogP contribution in [0.15, 0.2) is 47.1 Å². The minimum absolute atomic E-state index is 0.0110. The second-order valence-corrected chi connectivity index (χ2v) is 7.40. The van der Waals surface area contributed by atoms with E-state index in [-0.39, 0.29) is 16.9 Å². The molecule has 21 heavy (non-hydrogen) atoms. The van der Waals surface area contributed by atoms with Gasteiger partial charge in [-0.25, -0.2) is 0 Å². The summed E-state index contributed by atoms with van der Waals surface area (Å²) in [5, 5.41) is 9.88. The summed E-state index contributed by atoms with van der Waals surface area (Å²) in [6.07, 6.45) is 13.7. The van der Waals surface area contributed by atoms with E-state index in [2.05, 4.69) is 38.2 Å². The summed E-state index contributed by atoms with van der Waals surface area (Å²) in [6, 6.07) is 0. The van der Waals surface area contributed by atoms with E-state index in [4.69, 9.17) is 0 Å². The highest BCUT2D eigenvalue weighted by Gasteiger charge is 2.52. The molecule has 110 valence electrons. The van der Waals surface area contributed by atoms with E-state index < -0.39 is 0 Å². The van der Waals surface area contributed by atoms with Crippen molar-refractivity contribution in [2.45, 2.75) is 45.6 Å². The van der Waals surface area contributed by atoms with E-state index in [0.717, 1.165) is 19.3 Å². The Balaban J connectivity index is 1.82. The average Bonchev–Trinajstić information content (AvgIpc) is 2.76. The summed E-state index contributed by atoms with van der Waals surface area (Å²) in [4.78, 5) is 12.3. The number of Topliss-reactive ketones (excluding diaryl/α,β-unsaturated/α-hetero) is 1. The molecule has 1 unspecified atom stereocenters. The van der Waals surface area contributed by atoms with E-state index in [0.29, 0.717) is 18.1 Å². The Hall–Kier alpha value is -1.41. The van der Waals surface area contributed by atoms with Gasteiger partial charge in [0.25, 0.3) is 0 Å². The Kier molecular flexibility index (Phi) is 2.57. The highest BCUT2D eigenvalue weighted by atomic mass is 16.3. The third-order valence-corrected chi connectivity index (χ3v) is 6.29. The molecule has 4 aliphatic carbocycles. The van der Waals surface area contributed by atoms with Gasteiger partial charge in [0.05, 0.1) is 11.5 Å². The first kappa shape index (κ1) is 13.3.